The minimum Gasteiger partial charge on any atom is -0.461 e. The Hall–Kier alpha value is -2.14. The molecule has 0 spiro atoms. The monoisotopic (exact) mass is 304 g/mol. The van der Waals surface area contributed by atoms with Crippen LogP contribution in [0.3, 0.4) is 0 Å². The van der Waals surface area contributed by atoms with E-state index in [4.69, 9.17) is 4.74 Å². The highest BCUT2D eigenvalue weighted by Crippen LogP contribution is 2.11. The first-order chi connectivity index (χ1) is 9.95. The van der Waals surface area contributed by atoms with Gasteiger partial charge in [-0.15, -0.1) is 0 Å². The van der Waals surface area contributed by atoms with Crippen LogP contribution in [-0.4, -0.2) is 20.6 Å². The van der Waals surface area contributed by atoms with E-state index in [0.29, 0.717) is 0 Å². The lowest BCUT2D eigenvalue weighted by molar-refractivity contribution is -0.144. The molecule has 0 aliphatic carbocycles. The summed E-state index contributed by atoms with van der Waals surface area (Å²) in [6, 6.07) is 15.7. The van der Waals surface area contributed by atoms with E-state index in [-0.39, 0.29) is 23.9 Å². The van der Waals surface area contributed by atoms with E-state index in [1.54, 1.807) is 12.1 Å². The first kappa shape index (κ1) is 15.3. The molecule has 2 aromatic carbocycles. The van der Waals surface area contributed by atoms with E-state index < -0.39 is 9.84 Å². The van der Waals surface area contributed by atoms with Crippen LogP contribution in [0.2, 0.25) is 0 Å². The van der Waals surface area contributed by atoms with Gasteiger partial charge in [0.2, 0.25) is 0 Å². The van der Waals surface area contributed by atoms with Crippen LogP contribution in [0.1, 0.15) is 11.1 Å². The quantitative estimate of drug-likeness (QED) is 0.796. The molecule has 110 valence electrons. The molecule has 2 rings (SSSR count). The zero-order valence-corrected chi connectivity index (χ0v) is 12.5. The molecule has 0 aliphatic heterocycles. The molecule has 0 amide bonds. The molecule has 0 saturated carbocycles. The first-order valence-corrected chi connectivity index (χ1v) is 8.33. The van der Waals surface area contributed by atoms with Crippen LogP contribution in [0.25, 0.3) is 0 Å². The summed E-state index contributed by atoms with van der Waals surface area (Å²) in [6.45, 7) is 0.237. The first-order valence-electron chi connectivity index (χ1n) is 6.44. The number of benzene rings is 2. The second-order valence-electron chi connectivity index (χ2n) is 4.74. The summed E-state index contributed by atoms with van der Waals surface area (Å²) in [4.78, 5) is 12.0. The molecular formula is C16H16O4S. The SMILES string of the molecule is CS(=O)(=O)c1ccc(CC(=O)OCc2ccccc2)cc1. The fourth-order valence-electron chi connectivity index (χ4n) is 1.81. The van der Waals surface area contributed by atoms with E-state index in [1.807, 2.05) is 30.3 Å². The molecule has 0 unspecified atom stereocenters. The number of sulfone groups is 1. The van der Waals surface area contributed by atoms with Gasteiger partial charge in [0.1, 0.15) is 6.61 Å². The minimum atomic E-state index is -3.21. The van der Waals surface area contributed by atoms with Crippen LogP contribution in [-0.2, 0) is 32.4 Å². The third-order valence-corrected chi connectivity index (χ3v) is 4.07. The average molecular weight is 304 g/mol. The maximum absolute atomic E-state index is 11.7. The third kappa shape index (κ3) is 4.72. The van der Waals surface area contributed by atoms with Gasteiger partial charge in [-0.25, -0.2) is 8.42 Å². The largest absolute Gasteiger partial charge is 0.461 e. The number of hydrogen-bond donors (Lipinski definition) is 0. The lowest BCUT2D eigenvalue weighted by Gasteiger charge is -2.05. The normalized spacial score (nSPS) is 11.1. The maximum Gasteiger partial charge on any atom is 0.310 e. The Labute approximate surface area is 124 Å². The summed E-state index contributed by atoms with van der Waals surface area (Å²) < 4.78 is 27.8. The lowest BCUT2D eigenvalue weighted by atomic mass is 10.1. The molecule has 0 heterocycles. The second kappa shape index (κ2) is 6.54. The topological polar surface area (TPSA) is 60.4 Å². The number of rotatable bonds is 5. The zero-order chi connectivity index (χ0) is 15.3. The molecule has 0 aliphatic rings. The molecule has 0 aromatic heterocycles. The van der Waals surface area contributed by atoms with Crippen LogP contribution in [0.5, 0.6) is 0 Å². The molecule has 4 nitrogen and oxygen atoms in total. The minimum absolute atomic E-state index is 0.122. The van der Waals surface area contributed by atoms with Gasteiger partial charge in [0, 0.05) is 6.26 Å². The van der Waals surface area contributed by atoms with Crippen molar-refractivity contribution in [3.05, 3.63) is 65.7 Å². The van der Waals surface area contributed by atoms with Crippen LogP contribution in [0, 0.1) is 0 Å². The van der Waals surface area contributed by atoms with E-state index in [2.05, 4.69) is 0 Å². The smallest absolute Gasteiger partial charge is 0.310 e. The highest BCUT2D eigenvalue weighted by Gasteiger charge is 2.09. The fourth-order valence-corrected chi connectivity index (χ4v) is 2.44. The van der Waals surface area contributed by atoms with E-state index in [0.717, 1.165) is 17.4 Å². The molecule has 0 bridgehead atoms. The Morgan fingerprint density at radius 2 is 1.57 bits per heavy atom. The zero-order valence-electron chi connectivity index (χ0n) is 11.7. The van der Waals surface area contributed by atoms with Crippen molar-refractivity contribution in [3.63, 3.8) is 0 Å². The van der Waals surface area contributed by atoms with Gasteiger partial charge in [0.25, 0.3) is 0 Å². The van der Waals surface area contributed by atoms with Crippen molar-refractivity contribution < 1.29 is 17.9 Å². The van der Waals surface area contributed by atoms with Crippen LogP contribution in [0.15, 0.2) is 59.5 Å². The van der Waals surface area contributed by atoms with Gasteiger partial charge in [0.15, 0.2) is 9.84 Å². The number of carbonyl (C=O) groups is 1. The highest BCUT2D eigenvalue weighted by molar-refractivity contribution is 7.90. The van der Waals surface area contributed by atoms with Gasteiger partial charge >= 0.3 is 5.97 Å². The Balaban J connectivity index is 1.91. The molecule has 0 N–H and O–H groups in total. The van der Waals surface area contributed by atoms with E-state index >= 15 is 0 Å². The summed E-state index contributed by atoms with van der Waals surface area (Å²) in [6.07, 6.45) is 1.27. The molecular weight excluding hydrogens is 288 g/mol. The van der Waals surface area contributed by atoms with Crippen molar-refractivity contribution in [3.8, 4) is 0 Å². The molecule has 21 heavy (non-hydrogen) atoms. The van der Waals surface area contributed by atoms with Crippen molar-refractivity contribution in [2.24, 2.45) is 0 Å². The van der Waals surface area contributed by atoms with Crippen LogP contribution in [0.4, 0.5) is 0 Å². The number of esters is 1. The van der Waals surface area contributed by atoms with Gasteiger partial charge < -0.3 is 4.74 Å². The summed E-state index contributed by atoms with van der Waals surface area (Å²) >= 11 is 0. The number of carbonyl (C=O) groups excluding carboxylic acids is 1. The van der Waals surface area contributed by atoms with Gasteiger partial charge in [-0.05, 0) is 23.3 Å². The third-order valence-electron chi connectivity index (χ3n) is 2.94. The van der Waals surface area contributed by atoms with Crippen molar-refractivity contribution in [2.45, 2.75) is 17.9 Å². The predicted octanol–water partition coefficient (Wildman–Crippen LogP) is 2.38. The number of hydrogen-bond acceptors (Lipinski definition) is 4. The highest BCUT2D eigenvalue weighted by atomic mass is 32.2. The molecule has 0 atom stereocenters. The van der Waals surface area contributed by atoms with Gasteiger partial charge in [0.05, 0.1) is 11.3 Å². The van der Waals surface area contributed by atoms with Crippen molar-refractivity contribution in [2.75, 3.05) is 6.26 Å². The standard InChI is InChI=1S/C16H16O4S/c1-21(18,19)15-9-7-13(8-10-15)11-16(17)20-12-14-5-3-2-4-6-14/h2-10H,11-12H2,1H3. The van der Waals surface area contributed by atoms with Crippen molar-refractivity contribution in [1.29, 1.82) is 0 Å². The molecule has 0 saturated heterocycles. The molecule has 5 heteroatoms. The van der Waals surface area contributed by atoms with Gasteiger partial charge in [-0.3, -0.25) is 4.79 Å². The van der Waals surface area contributed by atoms with Gasteiger partial charge in [-0.1, -0.05) is 42.5 Å². The van der Waals surface area contributed by atoms with E-state index in [1.165, 1.54) is 12.1 Å². The Kier molecular flexibility index (Phi) is 4.75. The van der Waals surface area contributed by atoms with E-state index in [9.17, 15) is 13.2 Å². The molecule has 2 aromatic rings. The van der Waals surface area contributed by atoms with Crippen LogP contribution >= 0.6 is 0 Å². The summed E-state index contributed by atoms with van der Waals surface area (Å²) in [7, 11) is -3.21. The van der Waals surface area contributed by atoms with Crippen LogP contribution < -0.4 is 0 Å². The summed E-state index contributed by atoms with van der Waals surface area (Å²) in [5.74, 6) is -0.342. The Bertz CT molecular complexity index is 704. The van der Waals surface area contributed by atoms with Crippen molar-refractivity contribution in [1.82, 2.24) is 0 Å². The lowest BCUT2D eigenvalue weighted by Crippen LogP contribution is -2.08. The predicted molar refractivity (Wildman–Crippen MR) is 79.5 cm³/mol. The molecule has 0 fully saturated rings. The Morgan fingerprint density at radius 3 is 2.14 bits per heavy atom. The van der Waals surface area contributed by atoms with Crippen molar-refractivity contribution >= 4 is 15.8 Å². The average Bonchev–Trinajstić information content (AvgIpc) is 2.46. The number of ether oxygens (including phenoxy) is 1. The fraction of sp³-hybridized carbons (Fsp3) is 0.188. The maximum atomic E-state index is 11.7. The summed E-state index contributed by atoms with van der Waals surface area (Å²) in [5.41, 5.74) is 1.65. The summed E-state index contributed by atoms with van der Waals surface area (Å²) in [5, 5.41) is 0. The second-order valence-corrected chi connectivity index (χ2v) is 6.75. The van der Waals surface area contributed by atoms with Gasteiger partial charge in [-0.2, -0.15) is 0 Å². The Morgan fingerprint density at radius 1 is 0.952 bits per heavy atom. The molecule has 0 radical (unpaired) electrons.